The molecule has 5 nitrogen and oxygen atoms in total. The van der Waals surface area contributed by atoms with Crippen LogP contribution in [0.15, 0.2) is 12.3 Å². The van der Waals surface area contributed by atoms with Gasteiger partial charge in [-0.2, -0.15) is 0 Å². The van der Waals surface area contributed by atoms with E-state index in [1.807, 2.05) is 6.92 Å². The average Bonchev–Trinajstić information content (AvgIpc) is 2.35. The van der Waals surface area contributed by atoms with Crippen molar-refractivity contribution >= 4 is 5.97 Å². The predicted molar refractivity (Wildman–Crippen MR) is 69.7 cm³/mol. The quantitative estimate of drug-likeness (QED) is 0.620. The number of nitrogens with two attached hydrogens (primary N) is 1. The fourth-order valence-electron chi connectivity index (χ4n) is 2.50. The molecule has 0 aliphatic carbocycles. The van der Waals surface area contributed by atoms with Crippen molar-refractivity contribution in [3.8, 4) is 0 Å². The van der Waals surface area contributed by atoms with Crippen molar-refractivity contribution in [2.75, 3.05) is 20.2 Å². The van der Waals surface area contributed by atoms with Gasteiger partial charge in [-0.25, -0.2) is 0 Å². The molecule has 4 N–H and O–H groups in total. The molecule has 1 aliphatic heterocycles. The molecule has 0 saturated carbocycles. The Bertz CT molecular complexity index is 319. The van der Waals surface area contributed by atoms with Crippen LogP contribution in [-0.2, 0) is 9.53 Å². The molecular formula is C13H24N2O3. The first-order chi connectivity index (χ1) is 8.41. The van der Waals surface area contributed by atoms with E-state index in [0.29, 0.717) is 31.5 Å². The van der Waals surface area contributed by atoms with E-state index < -0.39 is 11.5 Å². The molecule has 1 aliphatic rings. The third-order valence-corrected chi connectivity index (χ3v) is 3.72. The minimum atomic E-state index is -0.681. The first-order valence-corrected chi connectivity index (χ1v) is 6.37. The molecule has 0 aromatic heterocycles. The summed E-state index contributed by atoms with van der Waals surface area (Å²) in [7, 11) is 1.35. The van der Waals surface area contributed by atoms with E-state index in [4.69, 9.17) is 10.5 Å². The van der Waals surface area contributed by atoms with Crippen LogP contribution >= 0.6 is 0 Å². The van der Waals surface area contributed by atoms with Crippen LogP contribution in [0.2, 0.25) is 0 Å². The average molecular weight is 256 g/mol. The smallest absolute Gasteiger partial charge is 0.314 e. The van der Waals surface area contributed by atoms with Crippen molar-refractivity contribution in [2.24, 2.45) is 17.6 Å². The van der Waals surface area contributed by atoms with Gasteiger partial charge in [0.2, 0.25) is 0 Å². The van der Waals surface area contributed by atoms with Gasteiger partial charge in [0.05, 0.1) is 18.6 Å². The first-order valence-electron chi connectivity index (χ1n) is 6.37. The predicted octanol–water partition coefficient (Wildman–Crippen LogP) is 0.389. The summed E-state index contributed by atoms with van der Waals surface area (Å²) in [5, 5.41) is 13.5. The molecule has 104 valence electrons. The van der Waals surface area contributed by atoms with Gasteiger partial charge in [-0.05, 0) is 31.7 Å². The summed E-state index contributed by atoms with van der Waals surface area (Å²) < 4.78 is 4.73. The highest BCUT2D eigenvalue weighted by atomic mass is 16.5. The highest BCUT2D eigenvalue weighted by Crippen LogP contribution is 2.29. The minimum Gasteiger partial charge on any atom is -0.469 e. The van der Waals surface area contributed by atoms with E-state index in [2.05, 4.69) is 11.9 Å². The molecule has 0 aromatic rings. The molecule has 0 amide bonds. The number of rotatable bonds is 5. The zero-order chi connectivity index (χ0) is 13.8. The number of aliphatic hydroxyl groups is 1. The van der Waals surface area contributed by atoms with Crippen LogP contribution < -0.4 is 11.1 Å². The second-order valence-electron chi connectivity index (χ2n) is 5.17. The number of methoxy groups -OCH3 is 1. The lowest BCUT2D eigenvalue weighted by atomic mass is 9.80. The Morgan fingerprint density at radius 1 is 1.72 bits per heavy atom. The van der Waals surface area contributed by atoms with Crippen LogP contribution in [0.3, 0.4) is 0 Å². The van der Waals surface area contributed by atoms with E-state index in [0.717, 1.165) is 6.54 Å². The summed E-state index contributed by atoms with van der Waals surface area (Å²) >= 11 is 0. The zero-order valence-corrected chi connectivity index (χ0v) is 11.2. The molecule has 3 unspecified atom stereocenters. The van der Waals surface area contributed by atoms with E-state index in [-0.39, 0.29) is 11.9 Å². The maximum absolute atomic E-state index is 11.6. The van der Waals surface area contributed by atoms with Crippen molar-refractivity contribution in [3.05, 3.63) is 12.3 Å². The highest BCUT2D eigenvalue weighted by molar-refractivity contribution is 5.75. The number of nitrogens with one attached hydrogen (secondary N) is 1. The van der Waals surface area contributed by atoms with Crippen molar-refractivity contribution < 1.29 is 14.6 Å². The summed E-state index contributed by atoms with van der Waals surface area (Å²) in [6, 6.07) is 0. The maximum Gasteiger partial charge on any atom is 0.314 e. The topological polar surface area (TPSA) is 84.6 Å². The Hall–Kier alpha value is -1.07. The van der Waals surface area contributed by atoms with E-state index in [1.165, 1.54) is 7.11 Å². The molecular weight excluding hydrogens is 232 g/mol. The summed E-state index contributed by atoms with van der Waals surface area (Å²) in [4.78, 5) is 11.6. The standard InChI is InChI=1S/C13H24N2O3/c1-4-13(17)6-10(7-15-8-13)5-11(9(2)14)12(16)18-3/h10-11,15,17H,2,4-8,14H2,1,3H3. The normalized spacial score (nSPS) is 29.6. The Balaban J connectivity index is 2.64. The van der Waals surface area contributed by atoms with E-state index in [9.17, 15) is 9.90 Å². The largest absolute Gasteiger partial charge is 0.469 e. The molecule has 1 heterocycles. The summed E-state index contributed by atoms with van der Waals surface area (Å²) in [6.07, 6.45) is 1.94. The Morgan fingerprint density at radius 3 is 2.89 bits per heavy atom. The highest BCUT2D eigenvalue weighted by Gasteiger charge is 2.35. The lowest BCUT2D eigenvalue weighted by Crippen LogP contribution is -2.49. The number of ether oxygens (including phenoxy) is 1. The fourth-order valence-corrected chi connectivity index (χ4v) is 2.50. The number of hydrogen-bond acceptors (Lipinski definition) is 5. The van der Waals surface area contributed by atoms with E-state index >= 15 is 0 Å². The van der Waals surface area contributed by atoms with Crippen LogP contribution in [-0.4, -0.2) is 36.9 Å². The third-order valence-electron chi connectivity index (χ3n) is 3.72. The van der Waals surface area contributed by atoms with Gasteiger partial charge in [-0.1, -0.05) is 13.5 Å². The summed E-state index contributed by atoms with van der Waals surface area (Å²) in [5.74, 6) is -0.637. The second kappa shape index (κ2) is 6.20. The summed E-state index contributed by atoms with van der Waals surface area (Å²) in [5.41, 5.74) is 5.30. The monoisotopic (exact) mass is 256 g/mol. The summed E-state index contributed by atoms with van der Waals surface area (Å²) in [6.45, 7) is 6.99. The number of carbonyl (C=O) groups is 1. The fraction of sp³-hybridized carbons (Fsp3) is 0.769. The lowest BCUT2D eigenvalue weighted by molar-refractivity contribution is -0.145. The van der Waals surface area contributed by atoms with Crippen molar-refractivity contribution in [1.82, 2.24) is 5.32 Å². The van der Waals surface area contributed by atoms with Gasteiger partial charge in [0, 0.05) is 12.2 Å². The van der Waals surface area contributed by atoms with Gasteiger partial charge in [-0.3, -0.25) is 4.79 Å². The maximum atomic E-state index is 11.6. The molecule has 5 heteroatoms. The van der Waals surface area contributed by atoms with E-state index in [1.54, 1.807) is 0 Å². The zero-order valence-electron chi connectivity index (χ0n) is 11.2. The van der Waals surface area contributed by atoms with Gasteiger partial charge < -0.3 is 20.9 Å². The molecule has 0 aromatic carbocycles. The van der Waals surface area contributed by atoms with Gasteiger partial charge >= 0.3 is 5.97 Å². The van der Waals surface area contributed by atoms with Crippen LogP contribution in [0.4, 0.5) is 0 Å². The number of β-amino-alcohol motifs (C(OH)–C–C–N with tert-alkyl or cyclic N) is 1. The van der Waals surface area contributed by atoms with Gasteiger partial charge in [0.25, 0.3) is 0 Å². The SMILES string of the molecule is C=C(N)C(CC1CNCC(O)(CC)C1)C(=O)OC. The molecule has 0 spiro atoms. The van der Waals surface area contributed by atoms with Crippen LogP contribution in [0.5, 0.6) is 0 Å². The van der Waals surface area contributed by atoms with Crippen LogP contribution in [0.1, 0.15) is 26.2 Å². The van der Waals surface area contributed by atoms with Crippen LogP contribution in [0.25, 0.3) is 0 Å². The Morgan fingerprint density at radius 2 is 2.39 bits per heavy atom. The second-order valence-corrected chi connectivity index (χ2v) is 5.17. The lowest BCUT2D eigenvalue weighted by Gasteiger charge is -2.37. The Kier molecular flexibility index (Phi) is 5.16. The molecule has 0 radical (unpaired) electrons. The molecule has 3 atom stereocenters. The minimum absolute atomic E-state index is 0.202. The van der Waals surface area contributed by atoms with Crippen molar-refractivity contribution in [2.45, 2.75) is 31.8 Å². The number of carbonyl (C=O) groups excluding carboxylic acids is 1. The third kappa shape index (κ3) is 3.71. The van der Waals surface area contributed by atoms with Crippen molar-refractivity contribution in [1.29, 1.82) is 0 Å². The van der Waals surface area contributed by atoms with Crippen molar-refractivity contribution in [3.63, 3.8) is 0 Å². The number of piperidine rings is 1. The number of hydrogen-bond donors (Lipinski definition) is 3. The van der Waals surface area contributed by atoms with Crippen LogP contribution in [0, 0.1) is 11.8 Å². The Labute approximate surface area is 108 Å². The number of esters is 1. The van der Waals surface area contributed by atoms with Gasteiger partial charge in [-0.15, -0.1) is 0 Å². The molecule has 1 rings (SSSR count). The first kappa shape index (κ1) is 15.0. The van der Waals surface area contributed by atoms with Gasteiger partial charge in [0.15, 0.2) is 0 Å². The van der Waals surface area contributed by atoms with Gasteiger partial charge in [0.1, 0.15) is 0 Å². The molecule has 18 heavy (non-hydrogen) atoms. The molecule has 0 bridgehead atoms. The molecule has 1 saturated heterocycles. The molecule has 1 fully saturated rings.